The van der Waals surface area contributed by atoms with Gasteiger partial charge in [-0.3, -0.25) is 0 Å². The molecule has 0 saturated carbocycles. The number of imidazole rings is 1. The van der Waals surface area contributed by atoms with Crippen LogP contribution in [-0.4, -0.2) is 14.7 Å². The molecule has 0 radical (unpaired) electrons. The number of hydrogen-bond donors (Lipinski definition) is 1. The van der Waals surface area contributed by atoms with E-state index >= 15 is 0 Å². The van der Waals surface area contributed by atoms with Crippen LogP contribution in [0.25, 0.3) is 10.8 Å². The molecule has 3 aromatic carbocycles. The summed E-state index contributed by atoms with van der Waals surface area (Å²) in [6.07, 6.45) is 0. The van der Waals surface area contributed by atoms with Crippen LogP contribution >= 0.6 is 47.4 Å². The van der Waals surface area contributed by atoms with Crippen molar-refractivity contribution in [3.63, 3.8) is 0 Å². The van der Waals surface area contributed by atoms with E-state index in [2.05, 4.69) is 54.8 Å². The summed E-state index contributed by atoms with van der Waals surface area (Å²) in [7, 11) is 0. The molecule has 0 amide bonds. The topological polar surface area (TPSA) is 38.1 Å². The minimum atomic E-state index is -0.124. The van der Waals surface area contributed by atoms with Crippen LogP contribution < -0.4 is 0 Å². The number of nitrogens with zero attached hydrogens (tertiary/aromatic N) is 2. The van der Waals surface area contributed by atoms with Crippen molar-refractivity contribution in [2.45, 2.75) is 42.8 Å². The van der Waals surface area contributed by atoms with Crippen molar-refractivity contribution in [1.29, 1.82) is 0 Å². The zero-order valence-corrected chi connectivity index (χ0v) is 20.3. The Kier molecular flexibility index (Phi) is 7.95. The molecule has 0 spiro atoms. The van der Waals surface area contributed by atoms with Crippen molar-refractivity contribution in [3.8, 4) is 0 Å². The molecule has 0 fully saturated rings. The smallest absolute Gasteiger partial charge is 0.136 e. The van der Waals surface area contributed by atoms with Gasteiger partial charge in [-0.15, -0.1) is 12.4 Å². The average Bonchev–Trinajstić information content (AvgIpc) is 3.05. The Hall–Kier alpha value is -1.69. The van der Waals surface area contributed by atoms with E-state index in [-0.39, 0.29) is 24.9 Å². The molecule has 31 heavy (non-hydrogen) atoms. The Morgan fingerprint density at radius 1 is 1.00 bits per heavy atom. The van der Waals surface area contributed by atoms with Gasteiger partial charge in [-0.05, 0) is 40.5 Å². The van der Waals surface area contributed by atoms with Crippen LogP contribution in [0, 0.1) is 0 Å². The molecule has 4 aromatic rings. The monoisotopic (exact) mass is 492 g/mol. The zero-order chi connectivity index (χ0) is 21.3. The van der Waals surface area contributed by atoms with Crippen LogP contribution in [0.2, 0.25) is 10.0 Å². The molecule has 0 unspecified atom stereocenters. The molecule has 0 aliphatic carbocycles. The predicted octanol–water partition coefficient (Wildman–Crippen LogP) is 7.58. The van der Waals surface area contributed by atoms with Gasteiger partial charge < -0.3 is 9.67 Å². The summed E-state index contributed by atoms with van der Waals surface area (Å²) >= 11 is 14.0. The van der Waals surface area contributed by atoms with Crippen LogP contribution in [0.3, 0.4) is 0 Å². The molecular formula is C24H23Cl3N2OS. The Bertz CT molecular complexity index is 1180. The van der Waals surface area contributed by atoms with Crippen LogP contribution in [0.1, 0.15) is 36.8 Å². The summed E-state index contributed by atoms with van der Waals surface area (Å²) in [6, 6.07) is 20.2. The van der Waals surface area contributed by atoms with Gasteiger partial charge in [-0.25, -0.2) is 4.98 Å². The van der Waals surface area contributed by atoms with Crippen molar-refractivity contribution in [1.82, 2.24) is 9.55 Å². The number of benzene rings is 3. The van der Waals surface area contributed by atoms with Crippen LogP contribution in [0.5, 0.6) is 0 Å². The van der Waals surface area contributed by atoms with Crippen molar-refractivity contribution in [3.05, 3.63) is 87.8 Å². The lowest BCUT2D eigenvalue weighted by Gasteiger charge is -2.15. The summed E-state index contributed by atoms with van der Waals surface area (Å²) in [6.45, 7) is 4.72. The number of rotatable bonds is 6. The summed E-state index contributed by atoms with van der Waals surface area (Å²) in [5.74, 6) is 0.864. The van der Waals surface area contributed by atoms with Gasteiger partial charge in [0.15, 0.2) is 0 Å². The number of hydrogen-bond acceptors (Lipinski definition) is 3. The minimum Gasteiger partial charge on any atom is -0.388 e. The third-order valence-corrected chi connectivity index (χ3v) is 6.50. The molecule has 0 atom stereocenters. The number of halogens is 3. The lowest BCUT2D eigenvalue weighted by atomic mass is 10.0. The molecule has 0 aliphatic heterocycles. The molecule has 162 valence electrons. The molecule has 3 nitrogen and oxygen atoms in total. The third-order valence-electron chi connectivity index (χ3n) is 4.97. The van der Waals surface area contributed by atoms with E-state index in [4.69, 9.17) is 28.2 Å². The Morgan fingerprint density at radius 2 is 1.68 bits per heavy atom. The first-order valence-corrected chi connectivity index (χ1v) is 11.3. The zero-order valence-electron chi connectivity index (χ0n) is 17.2. The molecule has 1 N–H and O–H groups in total. The number of fused-ring (bicyclic) bond motifs is 1. The lowest BCUT2D eigenvalue weighted by Crippen LogP contribution is -2.07. The maximum absolute atomic E-state index is 10.0. The quantitative estimate of drug-likeness (QED) is 0.301. The van der Waals surface area contributed by atoms with Crippen LogP contribution in [0.4, 0.5) is 0 Å². The molecule has 0 bridgehead atoms. The SMILES string of the molecule is CC(C)c1nc(CO)n(Cc2cccc3ccccc23)c1Sc1cc(Cl)cc(Cl)c1.Cl. The number of aromatic nitrogens is 2. The fourth-order valence-corrected chi connectivity index (χ4v) is 5.49. The summed E-state index contributed by atoms with van der Waals surface area (Å²) in [5, 5.41) is 14.6. The van der Waals surface area contributed by atoms with E-state index in [1.54, 1.807) is 17.8 Å². The van der Waals surface area contributed by atoms with Crippen molar-refractivity contribution in [2.75, 3.05) is 0 Å². The van der Waals surface area contributed by atoms with Gasteiger partial charge in [0, 0.05) is 14.9 Å². The van der Waals surface area contributed by atoms with Crippen molar-refractivity contribution >= 4 is 58.1 Å². The largest absolute Gasteiger partial charge is 0.388 e. The summed E-state index contributed by atoms with van der Waals surface area (Å²) in [4.78, 5) is 5.71. The number of aliphatic hydroxyl groups excluding tert-OH is 1. The standard InChI is InChI=1S/C24H22Cl2N2OS.ClH/c1-15(2)23-24(30-20-11-18(25)10-19(26)12-20)28(22(14-29)27-23)13-17-8-5-7-16-6-3-4-9-21(16)17;/h3-12,15,29H,13-14H2,1-2H3;1H. The summed E-state index contributed by atoms with van der Waals surface area (Å²) in [5.41, 5.74) is 2.14. The van der Waals surface area contributed by atoms with Gasteiger partial charge in [0.05, 0.1) is 12.2 Å². The fourth-order valence-electron chi connectivity index (χ4n) is 3.57. The third kappa shape index (κ3) is 5.21. The maximum Gasteiger partial charge on any atom is 0.136 e. The summed E-state index contributed by atoms with van der Waals surface area (Å²) < 4.78 is 2.11. The van der Waals surface area contributed by atoms with Gasteiger partial charge in [0.2, 0.25) is 0 Å². The molecule has 4 rings (SSSR count). The van der Waals surface area contributed by atoms with Gasteiger partial charge in [-0.2, -0.15) is 0 Å². The molecule has 7 heteroatoms. The minimum absolute atomic E-state index is 0. The highest BCUT2D eigenvalue weighted by Crippen LogP contribution is 2.38. The van der Waals surface area contributed by atoms with E-state index in [0.29, 0.717) is 22.4 Å². The van der Waals surface area contributed by atoms with E-state index < -0.39 is 0 Å². The van der Waals surface area contributed by atoms with E-state index in [0.717, 1.165) is 15.6 Å². The van der Waals surface area contributed by atoms with Crippen molar-refractivity contribution < 1.29 is 5.11 Å². The Labute approximate surface area is 202 Å². The molecule has 1 heterocycles. The highest BCUT2D eigenvalue weighted by atomic mass is 35.5. The van der Waals surface area contributed by atoms with E-state index in [9.17, 15) is 5.11 Å². The molecule has 0 saturated heterocycles. The molecule has 1 aromatic heterocycles. The van der Waals surface area contributed by atoms with Crippen LogP contribution in [0.15, 0.2) is 70.6 Å². The predicted molar refractivity (Wildman–Crippen MR) is 133 cm³/mol. The second kappa shape index (κ2) is 10.3. The maximum atomic E-state index is 10.0. The van der Waals surface area contributed by atoms with E-state index in [1.807, 2.05) is 18.2 Å². The second-order valence-electron chi connectivity index (χ2n) is 7.46. The Balaban J connectivity index is 0.00000272. The number of aliphatic hydroxyl groups is 1. The first kappa shape index (κ1) is 24.0. The highest BCUT2D eigenvalue weighted by molar-refractivity contribution is 7.99. The van der Waals surface area contributed by atoms with Gasteiger partial charge in [0.1, 0.15) is 17.5 Å². The normalized spacial score (nSPS) is 11.2. The molecular weight excluding hydrogens is 471 g/mol. The van der Waals surface area contributed by atoms with Crippen LogP contribution in [-0.2, 0) is 13.2 Å². The first-order chi connectivity index (χ1) is 14.5. The van der Waals surface area contributed by atoms with Gasteiger partial charge in [0.25, 0.3) is 0 Å². The first-order valence-electron chi connectivity index (χ1n) is 9.77. The second-order valence-corrected chi connectivity index (χ2v) is 9.40. The van der Waals surface area contributed by atoms with Gasteiger partial charge >= 0.3 is 0 Å². The average molecular weight is 494 g/mol. The fraction of sp³-hybridized carbons (Fsp3) is 0.208. The van der Waals surface area contributed by atoms with Gasteiger partial charge in [-0.1, -0.05) is 91.3 Å². The highest BCUT2D eigenvalue weighted by Gasteiger charge is 2.21. The lowest BCUT2D eigenvalue weighted by molar-refractivity contribution is 0.265. The molecule has 0 aliphatic rings. The van der Waals surface area contributed by atoms with Crippen molar-refractivity contribution in [2.24, 2.45) is 0 Å². The Morgan fingerprint density at radius 3 is 2.35 bits per heavy atom. The van der Waals surface area contributed by atoms with E-state index in [1.165, 1.54) is 16.3 Å².